The van der Waals surface area contributed by atoms with Gasteiger partial charge in [0.15, 0.2) is 0 Å². The number of aromatic nitrogens is 1. The van der Waals surface area contributed by atoms with E-state index in [1.54, 1.807) is 31.3 Å². The van der Waals surface area contributed by atoms with Gasteiger partial charge >= 0.3 is 0 Å². The first kappa shape index (κ1) is 12.5. The van der Waals surface area contributed by atoms with Crippen molar-refractivity contribution in [3.8, 4) is 17.0 Å². The highest BCUT2D eigenvalue weighted by molar-refractivity contribution is 6.49. The van der Waals surface area contributed by atoms with Gasteiger partial charge in [-0.2, -0.15) is 0 Å². The Morgan fingerprint density at radius 1 is 1.06 bits per heavy atom. The quantitative estimate of drug-likeness (QED) is 0.770. The van der Waals surface area contributed by atoms with Crippen molar-refractivity contribution in [1.29, 1.82) is 0 Å². The van der Waals surface area contributed by atoms with Gasteiger partial charge in [-0.25, -0.2) is 0 Å². The Morgan fingerprint density at radius 3 is 2.47 bits per heavy atom. The molecule has 0 aliphatic carbocycles. The minimum Gasteiger partial charge on any atom is -0.505 e. The van der Waals surface area contributed by atoms with E-state index in [1.165, 1.54) is 0 Å². The molecule has 0 aliphatic heterocycles. The van der Waals surface area contributed by atoms with Gasteiger partial charge in [0.2, 0.25) is 0 Å². The lowest BCUT2D eigenvalue weighted by atomic mass is 10.1. The van der Waals surface area contributed by atoms with E-state index in [0.29, 0.717) is 16.3 Å². The summed E-state index contributed by atoms with van der Waals surface area (Å²) < 4.78 is 0. The smallest absolute Gasteiger partial charge is 0.144 e. The SMILES string of the molecule is Cc1ccnc(-c2ccc(Cl)c(Cl)c2Cl)c1O. The Kier molecular flexibility index (Phi) is 3.48. The molecule has 1 aromatic heterocycles. The van der Waals surface area contributed by atoms with E-state index < -0.39 is 0 Å². The molecule has 5 heteroatoms. The largest absolute Gasteiger partial charge is 0.505 e. The molecule has 1 heterocycles. The van der Waals surface area contributed by atoms with Crippen molar-refractivity contribution in [3.05, 3.63) is 45.0 Å². The van der Waals surface area contributed by atoms with Gasteiger partial charge in [-0.15, -0.1) is 0 Å². The Bertz CT molecular complexity index is 584. The zero-order valence-corrected chi connectivity index (χ0v) is 11.1. The zero-order chi connectivity index (χ0) is 12.6. The number of aryl methyl sites for hydroxylation is 1. The van der Waals surface area contributed by atoms with Crippen molar-refractivity contribution < 1.29 is 5.11 Å². The van der Waals surface area contributed by atoms with Crippen LogP contribution in [0.1, 0.15) is 5.56 Å². The molecule has 0 radical (unpaired) electrons. The van der Waals surface area contributed by atoms with E-state index in [-0.39, 0.29) is 15.8 Å². The summed E-state index contributed by atoms with van der Waals surface area (Å²) in [5.41, 5.74) is 1.67. The van der Waals surface area contributed by atoms with Gasteiger partial charge in [-0.05, 0) is 30.7 Å². The lowest BCUT2D eigenvalue weighted by Crippen LogP contribution is -1.88. The molecule has 0 atom stereocenters. The number of pyridine rings is 1. The lowest BCUT2D eigenvalue weighted by molar-refractivity contribution is 0.471. The van der Waals surface area contributed by atoms with Crippen LogP contribution in [0.25, 0.3) is 11.3 Å². The third kappa shape index (κ3) is 2.21. The van der Waals surface area contributed by atoms with Crippen molar-refractivity contribution in [2.75, 3.05) is 0 Å². The molecule has 0 saturated carbocycles. The van der Waals surface area contributed by atoms with Crippen LogP contribution < -0.4 is 0 Å². The predicted molar refractivity (Wildman–Crippen MR) is 71.1 cm³/mol. The molecule has 1 N–H and O–H groups in total. The maximum absolute atomic E-state index is 9.94. The molecule has 0 fully saturated rings. The molecule has 0 amide bonds. The normalized spacial score (nSPS) is 10.6. The Morgan fingerprint density at radius 2 is 1.76 bits per heavy atom. The lowest BCUT2D eigenvalue weighted by Gasteiger charge is -2.09. The van der Waals surface area contributed by atoms with E-state index in [9.17, 15) is 5.11 Å². The van der Waals surface area contributed by atoms with Crippen molar-refractivity contribution >= 4 is 34.8 Å². The first-order valence-corrected chi connectivity index (χ1v) is 5.94. The molecule has 1 aromatic carbocycles. The van der Waals surface area contributed by atoms with E-state index >= 15 is 0 Å². The van der Waals surface area contributed by atoms with Crippen LogP contribution in [0.2, 0.25) is 15.1 Å². The third-order valence-corrected chi connectivity index (χ3v) is 3.71. The molecule has 2 nitrogen and oxygen atoms in total. The first-order valence-electron chi connectivity index (χ1n) is 4.81. The van der Waals surface area contributed by atoms with Crippen LogP contribution in [0, 0.1) is 6.92 Å². The van der Waals surface area contributed by atoms with Gasteiger partial charge in [0, 0.05) is 11.8 Å². The molecular formula is C12H8Cl3NO. The number of benzene rings is 1. The van der Waals surface area contributed by atoms with Crippen molar-refractivity contribution in [2.24, 2.45) is 0 Å². The molecule has 2 rings (SSSR count). The van der Waals surface area contributed by atoms with Crippen molar-refractivity contribution in [2.45, 2.75) is 6.92 Å². The van der Waals surface area contributed by atoms with Crippen LogP contribution in [-0.2, 0) is 0 Å². The summed E-state index contributed by atoms with van der Waals surface area (Å²) in [5, 5.41) is 10.8. The summed E-state index contributed by atoms with van der Waals surface area (Å²) in [6.07, 6.45) is 1.60. The standard InChI is InChI=1S/C12H8Cl3NO/c1-6-4-5-16-11(12(6)17)7-2-3-8(13)10(15)9(7)14/h2-5,17H,1H3. The Balaban J connectivity index is 2.69. The van der Waals surface area contributed by atoms with Crippen LogP contribution in [0.15, 0.2) is 24.4 Å². The molecule has 2 aromatic rings. The third-order valence-electron chi connectivity index (χ3n) is 2.42. The number of halogens is 3. The number of hydrogen-bond donors (Lipinski definition) is 1. The molecule has 0 bridgehead atoms. The summed E-state index contributed by atoms with van der Waals surface area (Å²) in [6, 6.07) is 5.01. The minimum atomic E-state index is 0.0905. The fourth-order valence-corrected chi connectivity index (χ4v) is 2.08. The van der Waals surface area contributed by atoms with E-state index in [0.717, 1.165) is 5.56 Å². The topological polar surface area (TPSA) is 33.1 Å². The average Bonchev–Trinajstić information content (AvgIpc) is 2.31. The van der Waals surface area contributed by atoms with E-state index in [1.807, 2.05) is 0 Å². The van der Waals surface area contributed by atoms with Gasteiger partial charge < -0.3 is 5.11 Å². The Labute approximate surface area is 114 Å². The highest BCUT2D eigenvalue weighted by atomic mass is 35.5. The molecule has 17 heavy (non-hydrogen) atoms. The summed E-state index contributed by atoms with van der Waals surface area (Å²) in [7, 11) is 0. The fourth-order valence-electron chi connectivity index (χ4n) is 1.46. The second-order valence-electron chi connectivity index (χ2n) is 3.55. The van der Waals surface area contributed by atoms with Crippen LogP contribution >= 0.6 is 34.8 Å². The van der Waals surface area contributed by atoms with Crippen LogP contribution in [0.3, 0.4) is 0 Å². The molecule has 0 saturated heterocycles. The highest BCUT2D eigenvalue weighted by Gasteiger charge is 2.15. The molecule has 0 spiro atoms. The monoisotopic (exact) mass is 287 g/mol. The molecule has 88 valence electrons. The van der Waals surface area contributed by atoms with Gasteiger partial charge in [0.25, 0.3) is 0 Å². The number of rotatable bonds is 1. The highest BCUT2D eigenvalue weighted by Crippen LogP contribution is 2.40. The summed E-state index contributed by atoms with van der Waals surface area (Å²) >= 11 is 17.9. The molecule has 0 aliphatic rings. The fraction of sp³-hybridized carbons (Fsp3) is 0.0833. The van der Waals surface area contributed by atoms with Gasteiger partial charge in [0.05, 0.1) is 15.1 Å². The van der Waals surface area contributed by atoms with Crippen molar-refractivity contribution in [3.63, 3.8) is 0 Å². The maximum atomic E-state index is 9.94. The zero-order valence-electron chi connectivity index (χ0n) is 8.84. The maximum Gasteiger partial charge on any atom is 0.144 e. The Hall–Kier alpha value is -0.960. The first-order chi connectivity index (χ1) is 8.02. The predicted octanol–water partition coefficient (Wildman–Crippen LogP) is 4.72. The van der Waals surface area contributed by atoms with Crippen LogP contribution in [0.5, 0.6) is 5.75 Å². The van der Waals surface area contributed by atoms with Gasteiger partial charge in [-0.3, -0.25) is 4.98 Å². The molecule has 0 unspecified atom stereocenters. The second-order valence-corrected chi connectivity index (χ2v) is 4.71. The number of nitrogens with zero attached hydrogens (tertiary/aromatic N) is 1. The van der Waals surface area contributed by atoms with E-state index in [4.69, 9.17) is 34.8 Å². The second kappa shape index (κ2) is 4.73. The van der Waals surface area contributed by atoms with Crippen LogP contribution in [0.4, 0.5) is 0 Å². The number of aromatic hydroxyl groups is 1. The van der Waals surface area contributed by atoms with Crippen molar-refractivity contribution in [1.82, 2.24) is 4.98 Å². The summed E-state index contributed by atoms with van der Waals surface area (Å²) in [4.78, 5) is 4.10. The van der Waals surface area contributed by atoms with Crippen LogP contribution in [-0.4, -0.2) is 10.1 Å². The summed E-state index contributed by atoms with van der Waals surface area (Å²) in [6.45, 7) is 1.78. The van der Waals surface area contributed by atoms with Gasteiger partial charge in [-0.1, -0.05) is 34.8 Å². The van der Waals surface area contributed by atoms with E-state index in [2.05, 4.69) is 4.98 Å². The minimum absolute atomic E-state index is 0.0905. The summed E-state index contributed by atoms with van der Waals surface area (Å²) in [5.74, 6) is 0.0905. The number of hydrogen-bond acceptors (Lipinski definition) is 2. The average molecular weight is 289 g/mol. The molecular weight excluding hydrogens is 280 g/mol. The van der Waals surface area contributed by atoms with Gasteiger partial charge in [0.1, 0.15) is 11.4 Å².